The number of nitrogens with zero attached hydrogens (tertiary/aromatic N) is 4. The zero-order chi connectivity index (χ0) is 31.2. The quantitative estimate of drug-likeness (QED) is 0.148. The summed E-state index contributed by atoms with van der Waals surface area (Å²) in [5.74, 6) is 0.783. The molecule has 6 aromatic rings. The second-order valence-electron chi connectivity index (χ2n) is 12.1. The minimum atomic E-state index is -0.685. The Labute approximate surface area is 272 Å². The lowest BCUT2D eigenvalue weighted by atomic mass is 9.80. The van der Waals surface area contributed by atoms with E-state index in [4.69, 9.17) is 9.72 Å². The number of aromatic nitrogens is 2. The fourth-order valence-electron chi connectivity index (χ4n) is 6.82. The highest BCUT2D eigenvalue weighted by Gasteiger charge is 2.37. The van der Waals surface area contributed by atoms with Crippen molar-refractivity contribution < 1.29 is 4.74 Å². The molecule has 0 aliphatic carbocycles. The van der Waals surface area contributed by atoms with Crippen molar-refractivity contribution in [2.45, 2.75) is 24.5 Å². The summed E-state index contributed by atoms with van der Waals surface area (Å²) in [5, 5.41) is 2.46. The molecule has 1 aliphatic rings. The topological polar surface area (TPSA) is 41.5 Å². The summed E-state index contributed by atoms with van der Waals surface area (Å²) in [6.45, 7) is 3.52. The largest absolute Gasteiger partial charge is 0.360 e. The fraction of sp³-hybridized carbons (Fsp3) is 0.220. The van der Waals surface area contributed by atoms with Crippen LogP contribution in [0.5, 0.6) is 0 Å². The maximum atomic E-state index is 7.04. The molecule has 0 amide bonds. The Balaban J connectivity index is 1.02. The van der Waals surface area contributed by atoms with Gasteiger partial charge in [-0.2, -0.15) is 0 Å². The third kappa shape index (κ3) is 6.17. The predicted molar refractivity (Wildman–Crippen MR) is 188 cm³/mol. The van der Waals surface area contributed by atoms with Gasteiger partial charge in [-0.05, 0) is 52.4 Å². The summed E-state index contributed by atoms with van der Waals surface area (Å²) in [6.07, 6.45) is 4.00. The smallest absolute Gasteiger partial charge is 0.225 e. The summed E-state index contributed by atoms with van der Waals surface area (Å²) in [4.78, 5) is 14.5. The van der Waals surface area contributed by atoms with Crippen molar-refractivity contribution >= 4 is 16.7 Å². The van der Waals surface area contributed by atoms with Crippen molar-refractivity contribution in [2.75, 3.05) is 38.2 Å². The number of benzene rings is 5. The molecule has 7 rings (SSSR count). The minimum Gasteiger partial charge on any atom is -0.360 e. The number of hydrogen-bond donors (Lipinski definition) is 0. The summed E-state index contributed by atoms with van der Waals surface area (Å²) in [6, 6.07) is 49.2. The standard InChI is InChI=1S/C41H40N4O/c1-44(40-42-26-23-39(43-40)34-22-21-32-13-11-12-14-33(32)31-34)38-24-27-45(28-25-38)29-30-46-41(35-15-5-2-6-16-35,36-17-7-3-8-18-36)37-19-9-4-10-20-37/h2-23,26,31,38H,24-25,27-30H2,1H3. The van der Waals surface area contributed by atoms with E-state index in [1.807, 2.05) is 12.3 Å². The molecule has 230 valence electrons. The number of ether oxygens (including phenoxy) is 1. The molecule has 5 aromatic carbocycles. The van der Waals surface area contributed by atoms with Crippen LogP contribution in [-0.4, -0.2) is 54.2 Å². The molecule has 0 spiro atoms. The number of fused-ring (bicyclic) bond motifs is 1. The van der Waals surface area contributed by atoms with Gasteiger partial charge in [0, 0.05) is 44.5 Å². The molecule has 1 saturated heterocycles. The van der Waals surface area contributed by atoms with Gasteiger partial charge in [0.05, 0.1) is 12.3 Å². The first-order valence-electron chi connectivity index (χ1n) is 16.3. The summed E-state index contributed by atoms with van der Waals surface area (Å²) >= 11 is 0. The van der Waals surface area contributed by atoms with Crippen LogP contribution in [0.15, 0.2) is 146 Å². The normalized spacial score (nSPS) is 14.4. The SMILES string of the molecule is CN(c1nccc(-c2ccc3ccccc3c2)n1)C1CCN(CCOC(c2ccccc2)(c2ccccc2)c2ccccc2)CC1. The van der Waals surface area contributed by atoms with Crippen molar-refractivity contribution in [3.05, 3.63) is 162 Å². The molecule has 1 fully saturated rings. The van der Waals surface area contributed by atoms with Gasteiger partial charge in [-0.15, -0.1) is 0 Å². The molecule has 0 saturated carbocycles. The van der Waals surface area contributed by atoms with Gasteiger partial charge in [0.2, 0.25) is 5.95 Å². The van der Waals surface area contributed by atoms with Crippen LogP contribution in [0.1, 0.15) is 29.5 Å². The monoisotopic (exact) mass is 604 g/mol. The van der Waals surface area contributed by atoms with E-state index in [0.29, 0.717) is 12.6 Å². The average molecular weight is 605 g/mol. The van der Waals surface area contributed by atoms with Crippen molar-refractivity contribution in [1.29, 1.82) is 0 Å². The molecular weight excluding hydrogens is 564 g/mol. The van der Waals surface area contributed by atoms with Crippen LogP contribution < -0.4 is 4.90 Å². The third-order valence-corrected chi connectivity index (χ3v) is 9.38. The minimum absolute atomic E-state index is 0.390. The first kappa shape index (κ1) is 29.8. The third-order valence-electron chi connectivity index (χ3n) is 9.38. The fourth-order valence-corrected chi connectivity index (χ4v) is 6.82. The van der Waals surface area contributed by atoms with E-state index in [-0.39, 0.29) is 0 Å². The molecule has 5 nitrogen and oxygen atoms in total. The van der Waals surface area contributed by atoms with Crippen molar-refractivity contribution in [3.8, 4) is 11.3 Å². The Morgan fingerprint density at radius 2 is 1.26 bits per heavy atom. The van der Waals surface area contributed by atoms with Crippen LogP contribution in [0.4, 0.5) is 5.95 Å². The van der Waals surface area contributed by atoms with Crippen LogP contribution in [-0.2, 0) is 10.3 Å². The van der Waals surface area contributed by atoms with Gasteiger partial charge in [0.15, 0.2) is 0 Å². The van der Waals surface area contributed by atoms with Gasteiger partial charge >= 0.3 is 0 Å². The second-order valence-corrected chi connectivity index (χ2v) is 12.1. The highest BCUT2D eigenvalue weighted by atomic mass is 16.5. The molecule has 0 radical (unpaired) electrons. The Bertz CT molecular complexity index is 1760. The Morgan fingerprint density at radius 3 is 1.87 bits per heavy atom. The van der Waals surface area contributed by atoms with Gasteiger partial charge in [-0.1, -0.05) is 127 Å². The number of anilines is 1. The molecule has 46 heavy (non-hydrogen) atoms. The van der Waals surface area contributed by atoms with Crippen LogP contribution in [0.3, 0.4) is 0 Å². The van der Waals surface area contributed by atoms with Gasteiger partial charge < -0.3 is 14.5 Å². The number of hydrogen-bond acceptors (Lipinski definition) is 5. The van der Waals surface area contributed by atoms with E-state index in [1.165, 1.54) is 10.8 Å². The first-order valence-corrected chi connectivity index (χ1v) is 16.3. The predicted octanol–water partition coefficient (Wildman–Crippen LogP) is 8.21. The number of piperidine rings is 1. The van der Waals surface area contributed by atoms with Gasteiger partial charge in [-0.3, -0.25) is 0 Å². The first-order chi connectivity index (χ1) is 22.7. The molecular formula is C41H40N4O. The molecule has 5 heteroatoms. The second kappa shape index (κ2) is 13.7. The molecule has 2 heterocycles. The lowest BCUT2D eigenvalue weighted by molar-refractivity contribution is -0.00159. The number of likely N-dealkylation sites (tertiary alicyclic amines) is 1. The Kier molecular flexibility index (Phi) is 8.86. The van der Waals surface area contributed by atoms with E-state index in [2.05, 4.69) is 155 Å². The lowest BCUT2D eigenvalue weighted by Crippen LogP contribution is -2.45. The lowest BCUT2D eigenvalue weighted by Gasteiger charge is -2.39. The summed E-state index contributed by atoms with van der Waals surface area (Å²) in [5.41, 5.74) is 4.80. The maximum Gasteiger partial charge on any atom is 0.225 e. The Hall–Kier alpha value is -4.84. The van der Waals surface area contributed by atoms with E-state index in [9.17, 15) is 0 Å². The molecule has 0 N–H and O–H groups in total. The van der Waals surface area contributed by atoms with Crippen molar-refractivity contribution in [3.63, 3.8) is 0 Å². The van der Waals surface area contributed by atoms with E-state index in [1.54, 1.807) is 0 Å². The highest BCUT2D eigenvalue weighted by molar-refractivity contribution is 5.86. The van der Waals surface area contributed by atoms with Crippen LogP contribution in [0.2, 0.25) is 0 Å². The van der Waals surface area contributed by atoms with E-state index < -0.39 is 5.60 Å². The molecule has 0 unspecified atom stereocenters. The molecule has 1 aromatic heterocycles. The molecule has 0 atom stereocenters. The summed E-state index contributed by atoms with van der Waals surface area (Å²) < 4.78 is 7.04. The average Bonchev–Trinajstić information content (AvgIpc) is 3.14. The van der Waals surface area contributed by atoms with Gasteiger partial charge in [-0.25, -0.2) is 9.97 Å². The van der Waals surface area contributed by atoms with Crippen LogP contribution in [0.25, 0.3) is 22.0 Å². The maximum absolute atomic E-state index is 7.04. The van der Waals surface area contributed by atoms with Gasteiger partial charge in [0.25, 0.3) is 0 Å². The highest BCUT2D eigenvalue weighted by Crippen LogP contribution is 2.40. The van der Waals surface area contributed by atoms with Crippen molar-refractivity contribution in [2.24, 2.45) is 0 Å². The van der Waals surface area contributed by atoms with E-state index >= 15 is 0 Å². The zero-order valence-corrected chi connectivity index (χ0v) is 26.4. The molecule has 0 bridgehead atoms. The Morgan fingerprint density at radius 1 is 0.696 bits per heavy atom. The zero-order valence-electron chi connectivity index (χ0n) is 26.4. The van der Waals surface area contributed by atoms with Gasteiger partial charge in [0.1, 0.15) is 5.60 Å². The number of rotatable bonds is 10. The van der Waals surface area contributed by atoms with Crippen molar-refractivity contribution in [1.82, 2.24) is 14.9 Å². The molecule has 1 aliphatic heterocycles. The van der Waals surface area contributed by atoms with Crippen LogP contribution in [0, 0.1) is 0 Å². The van der Waals surface area contributed by atoms with E-state index in [0.717, 1.165) is 66.4 Å². The summed E-state index contributed by atoms with van der Waals surface area (Å²) in [7, 11) is 2.14. The van der Waals surface area contributed by atoms with Crippen LogP contribution >= 0.6 is 0 Å².